The zero-order valence-electron chi connectivity index (χ0n) is 67.1. The van der Waals surface area contributed by atoms with Gasteiger partial charge in [-0.3, -0.25) is 37.3 Å². The number of esters is 4. The molecular weight excluding hydrogens is 1330 g/mol. The summed E-state index contributed by atoms with van der Waals surface area (Å²) in [6.45, 7) is 12.0. The molecule has 3 unspecified atom stereocenters. The number of ether oxygens (including phenoxy) is 4. The van der Waals surface area contributed by atoms with Crippen molar-refractivity contribution >= 4 is 39.5 Å². The molecule has 0 radical (unpaired) electrons. The van der Waals surface area contributed by atoms with Gasteiger partial charge in [0.15, 0.2) is 12.2 Å². The molecule has 0 aromatic rings. The van der Waals surface area contributed by atoms with E-state index in [9.17, 15) is 43.2 Å². The Kier molecular flexibility index (Phi) is 71.8. The molecule has 0 aliphatic heterocycles. The second-order valence-corrected chi connectivity index (χ2v) is 34.0. The van der Waals surface area contributed by atoms with E-state index in [1.807, 2.05) is 0 Å². The van der Waals surface area contributed by atoms with Gasteiger partial charge in [-0.25, -0.2) is 9.13 Å². The van der Waals surface area contributed by atoms with Gasteiger partial charge in [0.05, 0.1) is 26.4 Å². The number of rotatable bonds is 81. The Hall–Kier alpha value is -1.94. The molecule has 0 aromatic heterocycles. The van der Waals surface area contributed by atoms with Gasteiger partial charge in [0, 0.05) is 25.7 Å². The molecule has 0 aliphatic rings. The van der Waals surface area contributed by atoms with Crippen LogP contribution in [0, 0.1) is 17.8 Å². The lowest BCUT2D eigenvalue weighted by Crippen LogP contribution is -2.30. The Morgan fingerprint density at radius 2 is 0.500 bits per heavy atom. The number of unbranched alkanes of at least 4 members (excludes halogenated alkanes) is 48. The summed E-state index contributed by atoms with van der Waals surface area (Å²) in [5, 5.41) is 10.7. The van der Waals surface area contributed by atoms with Gasteiger partial charge in [-0.05, 0) is 43.4 Å². The molecule has 0 bridgehead atoms. The van der Waals surface area contributed by atoms with Crippen LogP contribution in [0.1, 0.15) is 434 Å². The molecule has 3 N–H and O–H groups in total. The van der Waals surface area contributed by atoms with Crippen LogP contribution >= 0.6 is 15.6 Å². The van der Waals surface area contributed by atoms with Crippen molar-refractivity contribution in [1.82, 2.24) is 0 Å². The summed E-state index contributed by atoms with van der Waals surface area (Å²) in [4.78, 5) is 73.1. The van der Waals surface area contributed by atoms with Crippen LogP contribution in [0.4, 0.5) is 0 Å². The summed E-state index contributed by atoms with van der Waals surface area (Å²) >= 11 is 0. The van der Waals surface area contributed by atoms with Crippen molar-refractivity contribution in [2.75, 3.05) is 39.6 Å². The first-order chi connectivity index (χ1) is 49.3. The molecule has 17 nitrogen and oxygen atoms in total. The maximum atomic E-state index is 13.1. The summed E-state index contributed by atoms with van der Waals surface area (Å²) in [6, 6.07) is 0. The molecule has 0 aromatic carbocycles. The van der Waals surface area contributed by atoms with Gasteiger partial charge in [0.1, 0.15) is 19.3 Å². The van der Waals surface area contributed by atoms with Crippen molar-refractivity contribution in [3.63, 3.8) is 0 Å². The van der Waals surface area contributed by atoms with Gasteiger partial charge >= 0.3 is 39.5 Å². The lowest BCUT2D eigenvalue weighted by atomic mass is 9.99. The van der Waals surface area contributed by atoms with E-state index >= 15 is 0 Å². The highest BCUT2D eigenvalue weighted by Crippen LogP contribution is 2.45. The number of carbonyl (C=O) groups excluding carboxylic acids is 4. The molecule has 0 fully saturated rings. The zero-order chi connectivity index (χ0) is 75.1. The van der Waals surface area contributed by atoms with Crippen LogP contribution < -0.4 is 0 Å². The molecule has 0 saturated carbocycles. The minimum Gasteiger partial charge on any atom is -0.462 e. The van der Waals surface area contributed by atoms with E-state index in [1.54, 1.807) is 0 Å². The number of aliphatic hydroxyl groups is 1. The van der Waals surface area contributed by atoms with Crippen LogP contribution in [-0.2, 0) is 65.4 Å². The molecule has 0 saturated heterocycles. The third-order valence-electron chi connectivity index (χ3n) is 19.7. The fraction of sp³-hybridized carbons (Fsp3) is 0.952. The van der Waals surface area contributed by atoms with Crippen LogP contribution in [-0.4, -0.2) is 96.7 Å². The Morgan fingerprint density at radius 1 is 0.284 bits per heavy atom. The van der Waals surface area contributed by atoms with E-state index in [4.69, 9.17) is 37.0 Å². The number of aliphatic hydroxyl groups excluding tert-OH is 1. The zero-order valence-corrected chi connectivity index (χ0v) is 68.9. The van der Waals surface area contributed by atoms with E-state index in [1.165, 1.54) is 238 Å². The van der Waals surface area contributed by atoms with Crippen molar-refractivity contribution < 1.29 is 80.2 Å². The monoisotopic (exact) mass is 1490 g/mol. The quantitative estimate of drug-likeness (QED) is 0.0222. The van der Waals surface area contributed by atoms with Gasteiger partial charge < -0.3 is 33.8 Å². The Balaban J connectivity index is 5.24. The van der Waals surface area contributed by atoms with Crippen LogP contribution in [0.15, 0.2) is 0 Å². The van der Waals surface area contributed by atoms with Crippen molar-refractivity contribution in [3.05, 3.63) is 0 Å². The first-order valence-corrected chi connectivity index (χ1v) is 45.9. The van der Waals surface area contributed by atoms with Crippen molar-refractivity contribution in [2.24, 2.45) is 17.8 Å². The lowest BCUT2D eigenvalue weighted by Gasteiger charge is -2.21. The number of hydrogen-bond donors (Lipinski definition) is 3. The highest BCUT2D eigenvalue weighted by molar-refractivity contribution is 7.47. The maximum absolute atomic E-state index is 13.1. The third-order valence-corrected chi connectivity index (χ3v) is 21.6. The molecule has 102 heavy (non-hydrogen) atoms. The average Bonchev–Trinajstić information content (AvgIpc) is 0.951. The van der Waals surface area contributed by atoms with E-state index < -0.39 is 97.5 Å². The second kappa shape index (κ2) is 73.2. The topological polar surface area (TPSA) is 237 Å². The SMILES string of the molecule is CCCCCCCCCCCCCCCCCC(=O)O[C@H](COC(=O)CCCCCCCCCC(C)C)COP(=O)(O)OC[C@H](O)COP(=O)(O)OC[C@@H](COC(=O)CCCCCCCCCCCCCCCCC(C)CC)OC(=O)CCCCCCCCCCCCCCCCCCC(C)C. The summed E-state index contributed by atoms with van der Waals surface area (Å²) in [5.74, 6) is 0.256. The van der Waals surface area contributed by atoms with E-state index in [-0.39, 0.29) is 25.7 Å². The molecule has 0 aliphatic carbocycles. The first kappa shape index (κ1) is 100. The van der Waals surface area contributed by atoms with E-state index in [0.717, 1.165) is 108 Å². The number of carbonyl (C=O) groups is 4. The smallest absolute Gasteiger partial charge is 0.462 e. The average molecular weight is 1490 g/mol. The van der Waals surface area contributed by atoms with Gasteiger partial charge in [-0.2, -0.15) is 0 Å². The molecule has 0 rings (SSSR count). The number of hydrogen-bond acceptors (Lipinski definition) is 15. The van der Waals surface area contributed by atoms with Crippen LogP contribution in [0.2, 0.25) is 0 Å². The van der Waals surface area contributed by atoms with E-state index in [2.05, 4.69) is 48.5 Å². The minimum absolute atomic E-state index is 0.107. The molecule has 6 atom stereocenters. The van der Waals surface area contributed by atoms with Gasteiger partial charge in [0.2, 0.25) is 0 Å². The largest absolute Gasteiger partial charge is 0.472 e. The fourth-order valence-corrected chi connectivity index (χ4v) is 14.4. The van der Waals surface area contributed by atoms with Crippen LogP contribution in [0.25, 0.3) is 0 Å². The lowest BCUT2D eigenvalue weighted by molar-refractivity contribution is -0.161. The number of phosphoric acid groups is 2. The standard InChI is InChI=1S/C83H162O17P2/c1-8-10-11-12-13-14-15-16-19-27-32-37-44-52-59-66-83(88)100-79(71-94-81(86)65-58-51-46-39-41-48-55-62-75(5)6)73-98-102(91,92)96-69-77(84)68-95-101(89,90)97-72-78(70-93-80(85)64-57-50-43-36-31-26-23-22-25-30-35-42-49-56-63-76(7)9-2)99-82(87)67-60-53-45-38-33-28-21-18-17-20-24-29-34-40-47-54-61-74(3)4/h74-79,84H,8-73H2,1-7H3,(H,89,90)(H,91,92)/t76?,77-,78-,79-/m1/s1. The summed E-state index contributed by atoms with van der Waals surface area (Å²) < 4.78 is 68.8. The summed E-state index contributed by atoms with van der Waals surface area (Å²) in [7, 11) is -9.92. The highest BCUT2D eigenvalue weighted by Gasteiger charge is 2.30. The van der Waals surface area contributed by atoms with Crippen LogP contribution in [0.5, 0.6) is 0 Å². The third kappa shape index (κ3) is 74.9. The van der Waals surface area contributed by atoms with Crippen LogP contribution in [0.3, 0.4) is 0 Å². The predicted molar refractivity (Wildman–Crippen MR) is 418 cm³/mol. The molecule has 606 valence electrons. The van der Waals surface area contributed by atoms with Crippen molar-refractivity contribution in [1.29, 1.82) is 0 Å². The molecule has 0 spiro atoms. The molecular formula is C83H162O17P2. The van der Waals surface area contributed by atoms with Gasteiger partial charge in [-0.15, -0.1) is 0 Å². The number of phosphoric ester groups is 2. The Labute approximate surface area is 626 Å². The van der Waals surface area contributed by atoms with Gasteiger partial charge in [-0.1, -0.05) is 382 Å². The molecule has 0 amide bonds. The Bertz CT molecular complexity index is 1980. The predicted octanol–water partition coefficient (Wildman–Crippen LogP) is 24.9. The highest BCUT2D eigenvalue weighted by atomic mass is 31.2. The molecule has 19 heteroatoms. The van der Waals surface area contributed by atoms with E-state index in [0.29, 0.717) is 31.6 Å². The normalized spacial score (nSPS) is 14.2. The second-order valence-electron chi connectivity index (χ2n) is 31.1. The molecule has 0 heterocycles. The first-order valence-electron chi connectivity index (χ1n) is 42.9. The maximum Gasteiger partial charge on any atom is 0.472 e. The van der Waals surface area contributed by atoms with Gasteiger partial charge in [0.25, 0.3) is 0 Å². The minimum atomic E-state index is -4.96. The fourth-order valence-electron chi connectivity index (χ4n) is 12.8. The summed E-state index contributed by atoms with van der Waals surface area (Å²) in [5.41, 5.74) is 0. The Morgan fingerprint density at radius 3 is 0.745 bits per heavy atom. The summed E-state index contributed by atoms with van der Waals surface area (Å²) in [6.07, 6.45) is 62.4. The van der Waals surface area contributed by atoms with Crippen molar-refractivity contribution in [2.45, 2.75) is 452 Å². The van der Waals surface area contributed by atoms with Crippen molar-refractivity contribution in [3.8, 4) is 0 Å².